The smallest absolute Gasteiger partial charge is 0.138 e. The number of rotatable bonds is 3. The van der Waals surface area contributed by atoms with Gasteiger partial charge < -0.3 is 9.90 Å². The molecular weight excluding hydrogens is 408 g/mol. The molecule has 10 atom stereocenters. The Bertz CT molecular complexity index is 832. The lowest BCUT2D eigenvalue weighted by atomic mass is 9.32. The summed E-state index contributed by atoms with van der Waals surface area (Å²) in [7, 11) is 0. The van der Waals surface area contributed by atoms with Crippen molar-refractivity contribution >= 4 is 12.1 Å². The lowest BCUT2D eigenvalue weighted by Crippen LogP contribution is -2.66. The molecule has 0 spiro atoms. The average molecular weight is 457 g/mol. The van der Waals surface area contributed by atoms with Gasteiger partial charge >= 0.3 is 0 Å². The topological polar surface area (TPSA) is 54.4 Å². The molecule has 5 aliphatic carbocycles. The normalized spacial score (nSPS) is 53.9. The van der Waals surface area contributed by atoms with E-state index in [-0.39, 0.29) is 33.0 Å². The monoisotopic (exact) mass is 456 g/mol. The van der Waals surface area contributed by atoms with E-state index in [1.807, 2.05) is 0 Å². The third kappa shape index (κ3) is 2.84. The van der Waals surface area contributed by atoms with E-state index in [0.29, 0.717) is 42.0 Å². The molecule has 5 saturated carbocycles. The molecule has 10 unspecified atom stereocenters. The summed E-state index contributed by atoms with van der Waals surface area (Å²) in [6, 6.07) is 0. The van der Waals surface area contributed by atoms with Crippen molar-refractivity contribution in [3.63, 3.8) is 0 Å². The van der Waals surface area contributed by atoms with Gasteiger partial charge in [-0.2, -0.15) is 0 Å². The number of hydrogen-bond acceptors (Lipinski definition) is 3. The Kier molecular flexibility index (Phi) is 5.39. The van der Waals surface area contributed by atoms with Crippen LogP contribution in [-0.4, -0.2) is 23.8 Å². The molecular formula is C30H48O3. The minimum absolute atomic E-state index is 0.0374. The maximum Gasteiger partial charge on any atom is 0.138 e. The molecule has 0 amide bonds. The summed E-state index contributed by atoms with van der Waals surface area (Å²) in [5.74, 6) is 3.26. The average Bonchev–Trinajstić information content (AvgIpc) is 3.17. The Labute approximate surface area is 201 Å². The van der Waals surface area contributed by atoms with Crippen LogP contribution in [0.25, 0.3) is 0 Å². The second-order valence-electron chi connectivity index (χ2n) is 14.6. The molecule has 0 aromatic carbocycles. The van der Waals surface area contributed by atoms with E-state index in [4.69, 9.17) is 0 Å². The first-order valence-electron chi connectivity index (χ1n) is 14.0. The van der Waals surface area contributed by atoms with E-state index < -0.39 is 0 Å². The molecule has 0 bridgehead atoms. The van der Waals surface area contributed by atoms with Gasteiger partial charge in [-0.05, 0) is 109 Å². The Hall–Kier alpha value is -0.700. The lowest BCUT2D eigenvalue weighted by Gasteiger charge is -2.72. The van der Waals surface area contributed by atoms with Gasteiger partial charge in [0.05, 0.1) is 0 Å². The minimum atomic E-state index is -0.194. The molecule has 5 aliphatic rings. The first-order chi connectivity index (χ1) is 15.4. The molecule has 33 heavy (non-hydrogen) atoms. The van der Waals surface area contributed by atoms with Crippen molar-refractivity contribution in [3.05, 3.63) is 0 Å². The van der Waals surface area contributed by atoms with Crippen LogP contribution in [0.4, 0.5) is 0 Å². The fraction of sp³-hybridized carbons (Fsp3) is 0.933. The zero-order valence-electron chi connectivity index (χ0n) is 22.1. The van der Waals surface area contributed by atoms with Gasteiger partial charge in [0.2, 0.25) is 0 Å². The second-order valence-corrected chi connectivity index (χ2v) is 14.6. The van der Waals surface area contributed by atoms with E-state index in [2.05, 4.69) is 41.5 Å². The summed E-state index contributed by atoms with van der Waals surface area (Å²) < 4.78 is 0. The van der Waals surface area contributed by atoms with Crippen molar-refractivity contribution < 1.29 is 14.7 Å². The van der Waals surface area contributed by atoms with E-state index >= 15 is 0 Å². The first kappa shape index (κ1) is 24.0. The van der Waals surface area contributed by atoms with Gasteiger partial charge in [0.25, 0.3) is 0 Å². The van der Waals surface area contributed by atoms with Gasteiger partial charge in [-0.1, -0.05) is 41.5 Å². The van der Waals surface area contributed by atoms with Gasteiger partial charge in [0.1, 0.15) is 12.1 Å². The number of Topliss-reactive ketones (excluding diaryl/α,β-unsaturated/α-hetero) is 1. The number of hydrogen-bond donors (Lipinski definition) is 1. The van der Waals surface area contributed by atoms with Gasteiger partial charge in [0, 0.05) is 24.4 Å². The lowest BCUT2D eigenvalue weighted by molar-refractivity contribution is -0.238. The maximum atomic E-state index is 12.9. The number of aldehydes is 1. The summed E-state index contributed by atoms with van der Waals surface area (Å²) in [5.41, 5.74) is 0.617. The molecule has 0 aromatic heterocycles. The largest absolute Gasteiger partial charge is 0.396 e. The van der Waals surface area contributed by atoms with Crippen LogP contribution in [0.2, 0.25) is 0 Å². The summed E-state index contributed by atoms with van der Waals surface area (Å²) in [4.78, 5) is 24.8. The second kappa shape index (κ2) is 7.40. The van der Waals surface area contributed by atoms with E-state index in [9.17, 15) is 14.7 Å². The van der Waals surface area contributed by atoms with Crippen LogP contribution in [0, 0.1) is 62.6 Å². The molecule has 5 fully saturated rings. The maximum absolute atomic E-state index is 12.9. The summed E-state index contributed by atoms with van der Waals surface area (Å²) >= 11 is 0. The zero-order valence-corrected chi connectivity index (χ0v) is 22.1. The SMILES string of the molecule is CC(C=O)C1CCC2(CO)CCC3(C)C(CCC4C5(C)CCC(=O)C(C)(C)C5CCC43C)C12. The molecule has 0 aromatic rings. The minimum Gasteiger partial charge on any atom is -0.396 e. The Morgan fingerprint density at radius 3 is 2.30 bits per heavy atom. The Balaban J connectivity index is 1.55. The van der Waals surface area contributed by atoms with Crippen molar-refractivity contribution in [2.24, 2.45) is 62.6 Å². The van der Waals surface area contributed by atoms with Crippen molar-refractivity contribution in [3.8, 4) is 0 Å². The Morgan fingerprint density at radius 2 is 1.64 bits per heavy atom. The molecule has 5 rings (SSSR count). The summed E-state index contributed by atoms with van der Waals surface area (Å²) in [6.07, 6.45) is 12.4. The highest BCUT2D eigenvalue weighted by Crippen LogP contribution is 2.77. The molecule has 3 heteroatoms. The van der Waals surface area contributed by atoms with Gasteiger partial charge in [-0.25, -0.2) is 0 Å². The molecule has 186 valence electrons. The molecule has 0 heterocycles. The Morgan fingerprint density at radius 1 is 0.909 bits per heavy atom. The summed E-state index contributed by atoms with van der Waals surface area (Å²) in [5, 5.41) is 10.7. The first-order valence-corrected chi connectivity index (χ1v) is 14.0. The fourth-order valence-electron chi connectivity index (χ4n) is 11.6. The standard InChI is InChI=1S/C30H48O3/c1-19(17-31)20-9-14-30(18-32)16-15-28(5)21(25(20)30)7-8-23-27(4)12-11-24(33)26(2,3)22(27)10-13-29(23,28)6/h17,19-23,25,32H,7-16,18H2,1-6H3. The van der Waals surface area contributed by atoms with Crippen LogP contribution in [-0.2, 0) is 9.59 Å². The predicted molar refractivity (Wildman–Crippen MR) is 131 cm³/mol. The molecule has 0 aliphatic heterocycles. The highest BCUT2D eigenvalue weighted by molar-refractivity contribution is 5.85. The predicted octanol–water partition coefficient (Wildman–Crippen LogP) is 6.46. The van der Waals surface area contributed by atoms with Gasteiger partial charge in [0.15, 0.2) is 0 Å². The van der Waals surface area contributed by atoms with Crippen molar-refractivity contribution in [1.82, 2.24) is 0 Å². The number of aliphatic hydroxyl groups excluding tert-OH is 1. The fourth-order valence-corrected chi connectivity index (χ4v) is 11.6. The van der Waals surface area contributed by atoms with Crippen LogP contribution in [0.3, 0.4) is 0 Å². The highest BCUT2D eigenvalue weighted by Gasteiger charge is 2.70. The van der Waals surface area contributed by atoms with Crippen molar-refractivity contribution in [1.29, 1.82) is 0 Å². The molecule has 3 nitrogen and oxygen atoms in total. The third-order valence-electron chi connectivity index (χ3n) is 13.6. The van der Waals surface area contributed by atoms with E-state index in [1.54, 1.807) is 0 Å². The quantitative estimate of drug-likeness (QED) is 0.496. The molecule has 0 radical (unpaired) electrons. The third-order valence-corrected chi connectivity index (χ3v) is 13.6. The van der Waals surface area contributed by atoms with E-state index in [0.717, 1.165) is 32.1 Å². The number of carbonyl (C=O) groups is 2. The van der Waals surface area contributed by atoms with Crippen LogP contribution in [0.5, 0.6) is 0 Å². The summed E-state index contributed by atoms with van der Waals surface area (Å²) in [6.45, 7) is 14.6. The van der Waals surface area contributed by atoms with Crippen LogP contribution >= 0.6 is 0 Å². The molecule has 0 saturated heterocycles. The number of carbonyl (C=O) groups excluding carboxylic acids is 2. The van der Waals surface area contributed by atoms with Crippen LogP contribution in [0.1, 0.15) is 106 Å². The van der Waals surface area contributed by atoms with Gasteiger partial charge in [-0.15, -0.1) is 0 Å². The van der Waals surface area contributed by atoms with Crippen LogP contribution in [0.15, 0.2) is 0 Å². The molecule has 1 N–H and O–H groups in total. The van der Waals surface area contributed by atoms with E-state index in [1.165, 1.54) is 38.4 Å². The van der Waals surface area contributed by atoms with Crippen molar-refractivity contribution in [2.75, 3.05) is 6.61 Å². The number of fused-ring (bicyclic) bond motifs is 7. The zero-order chi connectivity index (χ0) is 24.0. The highest BCUT2D eigenvalue weighted by atomic mass is 16.3. The number of aliphatic hydroxyl groups is 1. The van der Waals surface area contributed by atoms with Crippen LogP contribution < -0.4 is 0 Å². The number of ketones is 1. The van der Waals surface area contributed by atoms with Gasteiger partial charge in [-0.3, -0.25) is 4.79 Å². The van der Waals surface area contributed by atoms with Crippen molar-refractivity contribution in [2.45, 2.75) is 106 Å².